The van der Waals surface area contributed by atoms with Gasteiger partial charge in [0.05, 0.1) is 5.92 Å². The van der Waals surface area contributed by atoms with E-state index in [4.69, 9.17) is 0 Å². The Morgan fingerprint density at radius 2 is 2.10 bits per heavy atom. The summed E-state index contributed by atoms with van der Waals surface area (Å²) in [7, 11) is 1.67. The first kappa shape index (κ1) is 16.6. The predicted octanol–water partition coefficient (Wildman–Crippen LogP) is 2.73. The molecule has 1 unspecified atom stereocenters. The summed E-state index contributed by atoms with van der Waals surface area (Å²) in [5.74, 6) is -0.00960. The summed E-state index contributed by atoms with van der Waals surface area (Å²) < 4.78 is 13.3. The number of aryl methyl sites for hydroxylation is 1. The lowest BCUT2D eigenvalue weighted by Gasteiger charge is -2.16. The normalized spacial score (nSPS) is 18.4. The highest BCUT2D eigenvalue weighted by molar-refractivity contribution is 5.78. The van der Waals surface area contributed by atoms with Gasteiger partial charge in [-0.2, -0.15) is 0 Å². The van der Waals surface area contributed by atoms with Gasteiger partial charge in [-0.25, -0.2) is 4.39 Å². The molecule has 0 spiro atoms. The van der Waals surface area contributed by atoms with Gasteiger partial charge >= 0.3 is 0 Å². The van der Waals surface area contributed by atoms with Gasteiger partial charge in [-0.05, 0) is 43.1 Å². The molecule has 2 rings (SSSR count). The van der Waals surface area contributed by atoms with Crippen LogP contribution < -0.4 is 5.32 Å². The number of hydrogen-bond acceptors (Lipinski definition) is 2. The van der Waals surface area contributed by atoms with Gasteiger partial charge in [0.1, 0.15) is 5.82 Å². The number of carbonyl (C=O) groups is 1. The molecular weight excluding hydrogens is 255 g/mol. The molecular formula is C16H25FN2O. The van der Waals surface area contributed by atoms with Gasteiger partial charge in [0, 0.05) is 20.1 Å². The second-order valence-corrected chi connectivity index (χ2v) is 4.97. The molecule has 20 heavy (non-hydrogen) atoms. The van der Waals surface area contributed by atoms with Crippen molar-refractivity contribution in [1.82, 2.24) is 10.2 Å². The maximum absolute atomic E-state index is 13.3. The Hall–Kier alpha value is -1.42. The van der Waals surface area contributed by atoms with Gasteiger partial charge in [0.25, 0.3) is 0 Å². The summed E-state index contributed by atoms with van der Waals surface area (Å²) in [4.78, 5) is 13.7. The molecule has 3 nitrogen and oxygen atoms in total. The zero-order valence-corrected chi connectivity index (χ0v) is 12.9. The van der Waals surface area contributed by atoms with Gasteiger partial charge in [-0.15, -0.1) is 0 Å². The van der Waals surface area contributed by atoms with E-state index in [1.54, 1.807) is 13.1 Å². The van der Waals surface area contributed by atoms with Crippen LogP contribution in [0.15, 0.2) is 18.2 Å². The standard InChI is InChI=1S/C14H19FN2O.C2H6/c1-10-5-11(7-13(15)6-10)8-17-4-3-12(9-17)14(18)16-2;1-2/h5-7,12H,3-4,8-9H2,1-2H3,(H,16,18);1-2H3. The number of nitrogens with zero attached hydrogens (tertiary/aromatic N) is 1. The zero-order chi connectivity index (χ0) is 15.1. The molecule has 0 aliphatic carbocycles. The Morgan fingerprint density at radius 1 is 1.40 bits per heavy atom. The van der Waals surface area contributed by atoms with Crippen molar-refractivity contribution in [2.75, 3.05) is 20.1 Å². The number of nitrogens with one attached hydrogen (secondary N) is 1. The van der Waals surface area contributed by atoms with Crippen molar-refractivity contribution in [3.63, 3.8) is 0 Å². The monoisotopic (exact) mass is 280 g/mol. The molecule has 0 aromatic heterocycles. The number of likely N-dealkylation sites (tertiary alicyclic amines) is 1. The van der Waals surface area contributed by atoms with E-state index in [1.807, 2.05) is 26.8 Å². The Kier molecular flexibility index (Phi) is 6.65. The smallest absolute Gasteiger partial charge is 0.224 e. The van der Waals surface area contributed by atoms with Crippen LogP contribution in [0, 0.1) is 18.7 Å². The van der Waals surface area contributed by atoms with E-state index >= 15 is 0 Å². The van der Waals surface area contributed by atoms with Gasteiger partial charge < -0.3 is 5.32 Å². The van der Waals surface area contributed by atoms with Crippen LogP contribution in [0.4, 0.5) is 4.39 Å². The molecule has 4 heteroatoms. The maximum Gasteiger partial charge on any atom is 0.224 e. The maximum atomic E-state index is 13.3. The van der Waals surface area contributed by atoms with E-state index in [9.17, 15) is 9.18 Å². The molecule has 1 aliphatic heterocycles. The van der Waals surface area contributed by atoms with E-state index in [2.05, 4.69) is 10.2 Å². The first-order valence-electron chi connectivity index (χ1n) is 7.28. The Balaban J connectivity index is 0.000000956. The number of hydrogen-bond donors (Lipinski definition) is 1. The molecule has 1 heterocycles. The summed E-state index contributed by atoms with van der Waals surface area (Å²) >= 11 is 0. The van der Waals surface area contributed by atoms with Crippen LogP contribution in [-0.4, -0.2) is 30.9 Å². The highest BCUT2D eigenvalue weighted by atomic mass is 19.1. The molecule has 1 aliphatic rings. The van der Waals surface area contributed by atoms with E-state index < -0.39 is 0 Å². The Bertz CT molecular complexity index is 428. The second-order valence-electron chi connectivity index (χ2n) is 4.97. The third-order valence-electron chi connectivity index (χ3n) is 3.40. The number of halogens is 1. The molecule has 1 atom stereocenters. The third kappa shape index (κ3) is 4.60. The van der Waals surface area contributed by atoms with Crippen LogP contribution in [0.1, 0.15) is 31.4 Å². The van der Waals surface area contributed by atoms with E-state index in [-0.39, 0.29) is 17.6 Å². The third-order valence-corrected chi connectivity index (χ3v) is 3.40. The summed E-state index contributed by atoms with van der Waals surface area (Å²) in [5.41, 5.74) is 1.91. The lowest BCUT2D eigenvalue weighted by molar-refractivity contribution is -0.124. The van der Waals surface area contributed by atoms with Crippen molar-refractivity contribution in [2.45, 2.75) is 33.7 Å². The average Bonchev–Trinajstić information content (AvgIpc) is 2.87. The minimum Gasteiger partial charge on any atom is -0.359 e. The predicted molar refractivity (Wildman–Crippen MR) is 79.9 cm³/mol. The first-order valence-corrected chi connectivity index (χ1v) is 7.28. The molecule has 0 bridgehead atoms. The lowest BCUT2D eigenvalue weighted by Crippen LogP contribution is -2.30. The quantitative estimate of drug-likeness (QED) is 0.923. The fraction of sp³-hybridized carbons (Fsp3) is 0.562. The van der Waals surface area contributed by atoms with Crippen LogP contribution >= 0.6 is 0 Å². The van der Waals surface area contributed by atoms with Crippen LogP contribution in [-0.2, 0) is 11.3 Å². The second kappa shape index (κ2) is 8.00. The molecule has 1 aromatic carbocycles. The SMILES string of the molecule is CC.CNC(=O)C1CCN(Cc2cc(C)cc(F)c2)C1. The van der Waals surface area contributed by atoms with E-state index in [0.29, 0.717) is 6.54 Å². The Labute approximate surface area is 121 Å². The lowest BCUT2D eigenvalue weighted by atomic mass is 10.1. The number of carbonyl (C=O) groups excluding carboxylic acids is 1. The number of benzene rings is 1. The molecule has 0 radical (unpaired) electrons. The summed E-state index contributed by atoms with van der Waals surface area (Å²) in [6.45, 7) is 8.26. The fourth-order valence-corrected chi connectivity index (χ4v) is 2.56. The van der Waals surface area contributed by atoms with E-state index in [0.717, 1.165) is 30.6 Å². The zero-order valence-electron chi connectivity index (χ0n) is 12.9. The molecule has 112 valence electrons. The minimum absolute atomic E-state index is 0.0738. The minimum atomic E-state index is -0.188. The topological polar surface area (TPSA) is 32.3 Å². The number of rotatable bonds is 3. The van der Waals surface area contributed by atoms with Crippen LogP contribution in [0.5, 0.6) is 0 Å². The highest BCUT2D eigenvalue weighted by Crippen LogP contribution is 2.19. The number of amides is 1. The fourth-order valence-electron chi connectivity index (χ4n) is 2.56. The molecule has 1 N–H and O–H groups in total. The average molecular weight is 280 g/mol. The van der Waals surface area contributed by atoms with E-state index in [1.165, 1.54) is 6.07 Å². The van der Waals surface area contributed by atoms with Crippen molar-refractivity contribution in [1.29, 1.82) is 0 Å². The summed E-state index contributed by atoms with van der Waals surface area (Å²) in [5, 5.41) is 2.68. The Morgan fingerprint density at radius 3 is 2.70 bits per heavy atom. The summed E-state index contributed by atoms with van der Waals surface area (Å²) in [6, 6.07) is 5.09. The highest BCUT2D eigenvalue weighted by Gasteiger charge is 2.27. The molecule has 1 saturated heterocycles. The van der Waals surface area contributed by atoms with Crippen LogP contribution in [0.2, 0.25) is 0 Å². The largest absolute Gasteiger partial charge is 0.359 e. The molecule has 1 fully saturated rings. The summed E-state index contributed by atoms with van der Waals surface area (Å²) in [6.07, 6.45) is 0.883. The van der Waals surface area contributed by atoms with Gasteiger partial charge in [0.15, 0.2) is 0 Å². The van der Waals surface area contributed by atoms with Crippen molar-refractivity contribution in [3.05, 3.63) is 35.1 Å². The van der Waals surface area contributed by atoms with Crippen LogP contribution in [0.3, 0.4) is 0 Å². The molecule has 0 saturated carbocycles. The van der Waals surface area contributed by atoms with Crippen molar-refractivity contribution >= 4 is 5.91 Å². The van der Waals surface area contributed by atoms with Gasteiger partial charge in [-0.3, -0.25) is 9.69 Å². The van der Waals surface area contributed by atoms with Crippen LogP contribution in [0.25, 0.3) is 0 Å². The van der Waals surface area contributed by atoms with Gasteiger partial charge in [-0.1, -0.05) is 19.9 Å². The van der Waals surface area contributed by atoms with Crippen molar-refractivity contribution < 1.29 is 9.18 Å². The molecule has 1 aromatic rings. The van der Waals surface area contributed by atoms with Crippen molar-refractivity contribution in [2.24, 2.45) is 5.92 Å². The molecule has 1 amide bonds. The van der Waals surface area contributed by atoms with Gasteiger partial charge in [0.2, 0.25) is 5.91 Å². The first-order chi connectivity index (χ1) is 9.58. The van der Waals surface area contributed by atoms with Crippen molar-refractivity contribution in [3.8, 4) is 0 Å².